The molecule has 0 aromatic heterocycles. The van der Waals surface area contributed by atoms with Crippen LogP contribution in [0.5, 0.6) is 0 Å². The van der Waals surface area contributed by atoms with Gasteiger partial charge in [-0.1, -0.05) is 34.1 Å². The summed E-state index contributed by atoms with van der Waals surface area (Å²) >= 11 is 3.47. The van der Waals surface area contributed by atoms with Gasteiger partial charge in [0.2, 0.25) is 5.91 Å². The molecule has 2 rings (SSSR count). The van der Waals surface area contributed by atoms with E-state index >= 15 is 0 Å². The summed E-state index contributed by atoms with van der Waals surface area (Å²) < 4.78 is 0.981. The van der Waals surface area contributed by atoms with Gasteiger partial charge in [0.1, 0.15) is 0 Å². The van der Waals surface area contributed by atoms with E-state index in [0.29, 0.717) is 19.0 Å². The number of amides is 1. The van der Waals surface area contributed by atoms with Gasteiger partial charge in [0.25, 0.3) is 0 Å². The maximum absolute atomic E-state index is 12.3. The van der Waals surface area contributed by atoms with Crippen LogP contribution in [0.1, 0.15) is 31.2 Å². The van der Waals surface area contributed by atoms with Crippen LogP contribution in [-0.2, 0) is 4.79 Å². The van der Waals surface area contributed by atoms with Crippen molar-refractivity contribution in [1.29, 1.82) is 0 Å². The van der Waals surface area contributed by atoms with Gasteiger partial charge < -0.3 is 10.0 Å². The Labute approximate surface area is 128 Å². The lowest BCUT2D eigenvalue weighted by Gasteiger charge is -2.37. The Morgan fingerprint density at radius 2 is 2.15 bits per heavy atom. The first-order valence-electron chi connectivity index (χ1n) is 7.06. The molecule has 4 heteroatoms. The Morgan fingerprint density at radius 3 is 2.75 bits per heavy atom. The van der Waals surface area contributed by atoms with Crippen LogP contribution in [0.4, 0.5) is 0 Å². The second-order valence-electron chi connectivity index (χ2n) is 5.05. The lowest BCUT2D eigenvalue weighted by molar-refractivity contribution is -0.130. The van der Waals surface area contributed by atoms with Crippen LogP contribution in [0.25, 0.3) is 6.08 Å². The molecule has 0 atom stereocenters. The van der Waals surface area contributed by atoms with Gasteiger partial charge in [-0.3, -0.25) is 4.79 Å². The standard InChI is InChI=1S/C16H20BrNO2/c17-15-8-2-1-5-13(15)9-10-16(20)18(11-4-12-19)14-6-3-7-14/h1-2,5,8-10,14,19H,3-4,6-7,11-12H2/b10-9+. The molecule has 1 amide bonds. The average molecular weight is 338 g/mol. The molecule has 20 heavy (non-hydrogen) atoms. The van der Waals surface area contributed by atoms with Crippen LogP contribution < -0.4 is 0 Å². The number of hydrogen-bond donors (Lipinski definition) is 1. The zero-order valence-electron chi connectivity index (χ0n) is 11.5. The van der Waals surface area contributed by atoms with E-state index < -0.39 is 0 Å². The number of rotatable bonds is 6. The molecule has 108 valence electrons. The molecule has 0 aliphatic heterocycles. The van der Waals surface area contributed by atoms with E-state index in [2.05, 4.69) is 15.9 Å². The van der Waals surface area contributed by atoms with Gasteiger partial charge in [0.15, 0.2) is 0 Å². The number of aliphatic hydroxyl groups is 1. The molecule has 1 aliphatic carbocycles. The monoisotopic (exact) mass is 337 g/mol. The lowest BCUT2D eigenvalue weighted by atomic mass is 9.91. The largest absolute Gasteiger partial charge is 0.396 e. The van der Waals surface area contributed by atoms with Crippen molar-refractivity contribution in [3.63, 3.8) is 0 Å². The fraction of sp³-hybridized carbons (Fsp3) is 0.438. The summed E-state index contributed by atoms with van der Waals surface area (Å²) in [6.45, 7) is 0.769. The zero-order valence-corrected chi connectivity index (χ0v) is 13.1. The van der Waals surface area contributed by atoms with Gasteiger partial charge in [0, 0.05) is 29.7 Å². The van der Waals surface area contributed by atoms with Gasteiger partial charge >= 0.3 is 0 Å². The molecule has 1 aromatic carbocycles. The summed E-state index contributed by atoms with van der Waals surface area (Å²) in [6.07, 6.45) is 7.49. The molecule has 0 heterocycles. The van der Waals surface area contributed by atoms with Gasteiger partial charge in [-0.25, -0.2) is 0 Å². The minimum atomic E-state index is 0.0407. The van der Waals surface area contributed by atoms with Crippen LogP contribution in [0.15, 0.2) is 34.8 Å². The van der Waals surface area contributed by atoms with Crippen molar-refractivity contribution in [2.75, 3.05) is 13.2 Å². The first-order valence-corrected chi connectivity index (χ1v) is 7.85. The van der Waals surface area contributed by atoms with Crippen molar-refractivity contribution in [2.24, 2.45) is 0 Å². The maximum atomic E-state index is 12.3. The van der Waals surface area contributed by atoms with E-state index in [4.69, 9.17) is 5.11 Å². The molecule has 1 N–H and O–H groups in total. The van der Waals surface area contributed by atoms with Crippen LogP contribution in [-0.4, -0.2) is 35.1 Å². The molecule has 3 nitrogen and oxygen atoms in total. The third-order valence-electron chi connectivity index (χ3n) is 3.67. The molecular formula is C16H20BrNO2. The van der Waals surface area contributed by atoms with Gasteiger partial charge in [-0.05, 0) is 43.4 Å². The van der Waals surface area contributed by atoms with Gasteiger partial charge in [-0.2, -0.15) is 0 Å². The number of benzene rings is 1. The van der Waals surface area contributed by atoms with E-state index in [1.807, 2.05) is 35.2 Å². The van der Waals surface area contributed by atoms with E-state index in [-0.39, 0.29) is 12.5 Å². The van der Waals surface area contributed by atoms with E-state index in [9.17, 15) is 4.79 Å². The quantitative estimate of drug-likeness (QED) is 0.809. The molecule has 1 aliphatic rings. The lowest BCUT2D eigenvalue weighted by Crippen LogP contribution is -2.44. The minimum absolute atomic E-state index is 0.0407. The second-order valence-corrected chi connectivity index (χ2v) is 5.90. The number of hydrogen-bond acceptors (Lipinski definition) is 2. The van der Waals surface area contributed by atoms with Crippen molar-refractivity contribution < 1.29 is 9.90 Å². The predicted molar refractivity (Wildman–Crippen MR) is 84.2 cm³/mol. The summed E-state index contributed by atoms with van der Waals surface area (Å²) in [5, 5.41) is 8.95. The molecule has 0 spiro atoms. The third kappa shape index (κ3) is 3.93. The minimum Gasteiger partial charge on any atom is -0.396 e. The van der Waals surface area contributed by atoms with Crippen LogP contribution >= 0.6 is 15.9 Å². The first-order chi connectivity index (χ1) is 9.72. The Hall–Kier alpha value is -1.13. The normalized spacial score (nSPS) is 15.3. The maximum Gasteiger partial charge on any atom is 0.246 e. The van der Waals surface area contributed by atoms with Crippen LogP contribution in [0.3, 0.4) is 0 Å². The zero-order chi connectivity index (χ0) is 14.4. The predicted octanol–water partition coefficient (Wildman–Crippen LogP) is 3.23. The van der Waals surface area contributed by atoms with E-state index in [1.165, 1.54) is 6.42 Å². The van der Waals surface area contributed by atoms with Crippen molar-refractivity contribution in [3.8, 4) is 0 Å². The molecule has 1 aromatic rings. The number of nitrogens with zero attached hydrogens (tertiary/aromatic N) is 1. The number of aliphatic hydroxyl groups excluding tert-OH is 1. The molecule has 0 radical (unpaired) electrons. The van der Waals surface area contributed by atoms with Crippen molar-refractivity contribution in [2.45, 2.75) is 31.7 Å². The van der Waals surface area contributed by atoms with E-state index in [0.717, 1.165) is 22.9 Å². The molecule has 1 saturated carbocycles. The topological polar surface area (TPSA) is 40.5 Å². The fourth-order valence-corrected chi connectivity index (χ4v) is 2.70. The van der Waals surface area contributed by atoms with Crippen LogP contribution in [0.2, 0.25) is 0 Å². The first kappa shape index (κ1) is 15.3. The Bertz CT molecular complexity index is 483. The highest BCUT2D eigenvalue weighted by Crippen LogP contribution is 2.25. The van der Waals surface area contributed by atoms with Crippen molar-refractivity contribution in [3.05, 3.63) is 40.4 Å². The smallest absolute Gasteiger partial charge is 0.246 e. The number of halogens is 1. The second kappa shape index (κ2) is 7.60. The van der Waals surface area contributed by atoms with Gasteiger partial charge in [0.05, 0.1) is 0 Å². The molecule has 1 fully saturated rings. The molecule has 0 bridgehead atoms. The molecular weight excluding hydrogens is 318 g/mol. The van der Waals surface area contributed by atoms with Crippen molar-refractivity contribution in [1.82, 2.24) is 4.90 Å². The third-order valence-corrected chi connectivity index (χ3v) is 4.39. The molecule has 0 saturated heterocycles. The highest BCUT2D eigenvalue weighted by atomic mass is 79.9. The fourth-order valence-electron chi connectivity index (χ4n) is 2.28. The summed E-state index contributed by atoms with van der Waals surface area (Å²) in [4.78, 5) is 14.2. The van der Waals surface area contributed by atoms with Crippen molar-refractivity contribution >= 4 is 27.9 Å². The van der Waals surface area contributed by atoms with Gasteiger partial charge in [-0.15, -0.1) is 0 Å². The molecule has 0 unspecified atom stereocenters. The Morgan fingerprint density at radius 1 is 1.40 bits per heavy atom. The Balaban J connectivity index is 2.02. The number of carbonyl (C=O) groups is 1. The highest BCUT2D eigenvalue weighted by Gasteiger charge is 2.26. The van der Waals surface area contributed by atoms with Crippen LogP contribution in [0, 0.1) is 0 Å². The summed E-state index contributed by atoms with van der Waals surface area (Å²) in [7, 11) is 0. The van der Waals surface area contributed by atoms with E-state index in [1.54, 1.807) is 6.08 Å². The SMILES string of the molecule is O=C(/C=C/c1ccccc1Br)N(CCCO)C1CCC1. The summed E-state index contributed by atoms with van der Waals surface area (Å²) in [5.74, 6) is 0.0407. The summed E-state index contributed by atoms with van der Waals surface area (Å²) in [6, 6.07) is 8.18. The highest BCUT2D eigenvalue weighted by molar-refractivity contribution is 9.10. The number of carbonyl (C=O) groups excluding carboxylic acids is 1. The average Bonchev–Trinajstić information content (AvgIpc) is 2.40. The summed E-state index contributed by atoms with van der Waals surface area (Å²) in [5.41, 5.74) is 0.997. The Kier molecular flexibility index (Phi) is 5.80.